The molecule has 1 fully saturated rings. The normalized spacial score (nSPS) is 18.0. The maximum atomic E-state index is 14.0. The van der Waals surface area contributed by atoms with Crippen LogP contribution in [-0.2, 0) is 10.0 Å². The molecule has 1 aliphatic heterocycles. The van der Waals surface area contributed by atoms with Crippen molar-refractivity contribution in [1.82, 2.24) is 9.21 Å². The average Bonchev–Trinajstić information content (AvgIpc) is 2.43. The Morgan fingerprint density at radius 2 is 1.90 bits per heavy atom. The highest BCUT2D eigenvalue weighted by Gasteiger charge is 2.30. The molecule has 0 amide bonds. The Morgan fingerprint density at radius 1 is 1.29 bits per heavy atom. The summed E-state index contributed by atoms with van der Waals surface area (Å²) in [5, 5.41) is 0. The van der Waals surface area contributed by atoms with Crippen molar-refractivity contribution in [3.63, 3.8) is 0 Å². The molecule has 118 valence electrons. The van der Waals surface area contributed by atoms with Gasteiger partial charge in [0.25, 0.3) is 0 Å². The van der Waals surface area contributed by atoms with Crippen molar-refractivity contribution in [2.45, 2.75) is 18.2 Å². The molecule has 0 radical (unpaired) electrons. The molecule has 21 heavy (non-hydrogen) atoms. The number of nitrogens with two attached hydrogens (primary N) is 1. The molecule has 1 aromatic carbocycles. The third-order valence-corrected chi connectivity index (χ3v) is 6.14. The minimum atomic E-state index is -3.84. The van der Waals surface area contributed by atoms with Gasteiger partial charge in [0.1, 0.15) is 10.7 Å². The van der Waals surface area contributed by atoms with Crippen LogP contribution in [0.15, 0.2) is 21.5 Å². The van der Waals surface area contributed by atoms with Gasteiger partial charge in [-0.3, -0.25) is 0 Å². The fourth-order valence-corrected chi connectivity index (χ4v) is 4.21. The van der Waals surface area contributed by atoms with Crippen molar-refractivity contribution in [2.75, 3.05) is 38.5 Å². The quantitative estimate of drug-likeness (QED) is 0.811. The van der Waals surface area contributed by atoms with Crippen molar-refractivity contribution in [1.29, 1.82) is 0 Å². The van der Waals surface area contributed by atoms with Gasteiger partial charge in [-0.1, -0.05) is 6.92 Å². The summed E-state index contributed by atoms with van der Waals surface area (Å²) in [7, 11) is -3.84. The highest BCUT2D eigenvalue weighted by molar-refractivity contribution is 9.10. The van der Waals surface area contributed by atoms with Gasteiger partial charge in [0.15, 0.2) is 0 Å². The van der Waals surface area contributed by atoms with Gasteiger partial charge in [0.2, 0.25) is 10.0 Å². The van der Waals surface area contributed by atoms with Gasteiger partial charge >= 0.3 is 0 Å². The first kappa shape index (κ1) is 16.7. The lowest BCUT2D eigenvalue weighted by Gasteiger charge is -2.33. The molecule has 0 unspecified atom stereocenters. The van der Waals surface area contributed by atoms with E-state index < -0.39 is 15.8 Å². The van der Waals surface area contributed by atoms with Crippen molar-refractivity contribution in [3.05, 3.63) is 22.4 Å². The van der Waals surface area contributed by atoms with Crippen LogP contribution in [0.25, 0.3) is 0 Å². The number of hydrogen-bond acceptors (Lipinski definition) is 4. The molecular weight excluding hydrogens is 361 g/mol. The fraction of sp³-hybridized carbons (Fsp3) is 0.538. The largest absolute Gasteiger partial charge is 0.398 e. The third kappa shape index (κ3) is 3.56. The first-order valence-electron chi connectivity index (χ1n) is 6.83. The molecule has 0 saturated carbocycles. The van der Waals surface area contributed by atoms with Gasteiger partial charge in [-0.25, -0.2) is 12.8 Å². The van der Waals surface area contributed by atoms with Gasteiger partial charge in [-0.15, -0.1) is 0 Å². The predicted molar refractivity (Wildman–Crippen MR) is 84.0 cm³/mol. The Kier molecular flexibility index (Phi) is 5.24. The van der Waals surface area contributed by atoms with Crippen molar-refractivity contribution in [3.8, 4) is 0 Å². The molecule has 2 rings (SSSR count). The molecule has 0 atom stereocenters. The summed E-state index contributed by atoms with van der Waals surface area (Å²) in [5.41, 5.74) is 5.88. The van der Waals surface area contributed by atoms with E-state index in [0.717, 1.165) is 19.0 Å². The number of benzene rings is 1. The lowest BCUT2D eigenvalue weighted by Crippen LogP contribution is -2.48. The molecular formula is C13H19BrFN3O2S. The SMILES string of the molecule is CCCN1CCN(S(=O)(=O)c2cc(N)c(Br)cc2F)CC1. The smallest absolute Gasteiger partial charge is 0.246 e. The van der Waals surface area contributed by atoms with E-state index in [1.165, 1.54) is 10.4 Å². The molecule has 0 aromatic heterocycles. The van der Waals surface area contributed by atoms with E-state index in [0.29, 0.717) is 30.7 Å². The van der Waals surface area contributed by atoms with Crippen LogP contribution in [0.3, 0.4) is 0 Å². The van der Waals surface area contributed by atoms with Crippen molar-refractivity contribution < 1.29 is 12.8 Å². The Bertz CT molecular complexity index is 616. The molecule has 0 bridgehead atoms. The maximum Gasteiger partial charge on any atom is 0.246 e. The van der Waals surface area contributed by atoms with E-state index in [-0.39, 0.29) is 10.6 Å². The van der Waals surface area contributed by atoms with E-state index in [2.05, 4.69) is 27.8 Å². The van der Waals surface area contributed by atoms with Crippen LogP contribution in [0.2, 0.25) is 0 Å². The summed E-state index contributed by atoms with van der Waals surface area (Å²) >= 11 is 3.09. The first-order chi connectivity index (χ1) is 9.86. The zero-order chi connectivity index (χ0) is 15.6. The minimum Gasteiger partial charge on any atom is -0.398 e. The number of hydrogen-bond donors (Lipinski definition) is 1. The minimum absolute atomic E-state index is 0.208. The van der Waals surface area contributed by atoms with Gasteiger partial charge in [0, 0.05) is 36.3 Å². The summed E-state index contributed by atoms with van der Waals surface area (Å²) in [6.07, 6.45) is 1.03. The van der Waals surface area contributed by atoms with Crippen LogP contribution in [0.5, 0.6) is 0 Å². The molecule has 8 heteroatoms. The van der Waals surface area contributed by atoms with E-state index in [9.17, 15) is 12.8 Å². The zero-order valence-electron chi connectivity index (χ0n) is 11.8. The van der Waals surface area contributed by atoms with E-state index in [1.54, 1.807) is 0 Å². The first-order valence-corrected chi connectivity index (χ1v) is 9.06. The monoisotopic (exact) mass is 379 g/mol. The Morgan fingerprint density at radius 3 is 2.48 bits per heavy atom. The molecule has 1 aliphatic rings. The molecule has 2 N–H and O–H groups in total. The van der Waals surface area contributed by atoms with E-state index in [4.69, 9.17) is 5.73 Å². The second-order valence-corrected chi connectivity index (χ2v) is 7.81. The van der Waals surface area contributed by atoms with Gasteiger partial charge in [-0.2, -0.15) is 4.31 Å². The van der Waals surface area contributed by atoms with Gasteiger partial charge < -0.3 is 10.6 Å². The molecule has 1 heterocycles. The van der Waals surface area contributed by atoms with Gasteiger partial charge in [0.05, 0.1) is 0 Å². The summed E-state index contributed by atoms with van der Waals surface area (Å²) in [4.78, 5) is 1.85. The summed E-state index contributed by atoms with van der Waals surface area (Å²) in [5.74, 6) is -0.785. The molecule has 0 spiro atoms. The number of nitrogens with zero attached hydrogens (tertiary/aromatic N) is 2. The second kappa shape index (κ2) is 6.60. The lowest BCUT2D eigenvalue weighted by molar-refractivity contribution is 0.188. The number of anilines is 1. The Hall–Kier alpha value is -0.700. The highest BCUT2D eigenvalue weighted by atomic mass is 79.9. The summed E-state index contributed by atoms with van der Waals surface area (Å²) in [6, 6.07) is 2.27. The van der Waals surface area contributed by atoms with E-state index in [1.807, 2.05) is 0 Å². The second-order valence-electron chi connectivity index (χ2n) is 5.05. The summed E-state index contributed by atoms with van der Waals surface area (Å²) < 4.78 is 40.7. The topological polar surface area (TPSA) is 66.6 Å². The number of halogens is 2. The Labute approximate surface area is 133 Å². The number of nitrogen functional groups attached to an aromatic ring is 1. The van der Waals surface area contributed by atoms with Gasteiger partial charge in [-0.05, 0) is 41.0 Å². The third-order valence-electron chi connectivity index (χ3n) is 3.54. The molecule has 0 aliphatic carbocycles. The summed E-state index contributed by atoms with van der Waals surface area (Å²) in [6.45, 7) is 5.12. The average molecular weight is 380 g/mol. The highest BCUT2D eigenvalue weighted by Crippen LogP contribution is 2.28. The number of piperazine rings is 1. The predicted octanol–water partition coefficient (Wildman–Crippen LogP) is 1.89. The maximum absolute atomic E-state index is 14.0. The standard InChI is InChI=1S/C13H19BrFN3O2S/c1-2-3-17-4-6-18(7-5-17)21(19,20)13-9-12(16)10(14)8-11(13)15/h8-9H,2-7,16H2,1H3. The molecule has 5 nitrogen and oxygen atoms in total. The van der Waals surface area contributed by atoms with Crippen LogP contribution in [0.1, 0.15) is 13.3 Å². The van der Waals surface area contributed by atoms with Crippen LogP contribution in [-0.4, -0.2) is 50.3 Å². The Balaban J connectivity index is 2.22. The van der Waals surface area contributed by atoms with Crippen LogP contribution >= 0.6 is 15.9 Å². The fourth-order valence-electron chi connectivity index (χ4n) is 2.39. The number of rotatable bonds is 4. The number of sulfonamides is 1. The zero-order valence-corrected chi connectivity index (χ0v) is 14.3. The van der Waals surface area contributed by atoms with E-state index >= 15 is 0 Å². The molecule has 1 aromatic rings. The van der Waals surface area contributed by atoms with Crippen LogP contribution in [0, 0.1) is 5.82 Å². The van der Waals surface area contributed by atoms with Crippen LogP contribution in [0.4, 0.5) is 10.1 Å². The van der Waals surface area contributed by atoms with Crippen molar-refractivity contribution >= 4 is 31.6 Å². The lowest BCUT2D eigenvalue weighted by atomic mass is 10.3. The van der Waals surface area contributed by atoms with Crippen LogP contribution < -0.4 is 5.73 Å². The van der Waals surface area contributed by atoms with Crippen molar-refractivity contribution in [2.24, 2.45) is 0 Å². The molecule has 1 saturated heterocycles.